The smallest absolute Gasteiger partial charge is 0.0649 e. The molecule has 0 fully saturated rings. The van der Waals surface area contributed by atoms with Crippen molar-refractivity contribution in [3.05, 3.63) is 20.7 Å². The average Bonchev–Trinajstić information content (AvgIpc) is 1.93. The molecule has 10 heavy (non-hydrogen) atoms. The van der Waals surface area contributed by atoms with Gasteiger partial charge >= 0.3 is 0 Å². The molecule has 0 aliphatic heterocycles. The van der Waals surface area contributed by atoms with Gasteiger partial charge in [-0.1, -0.05) is 11.6 Å². The highest BCUT2D eigenvalue weighted by Gasteiger charge is 2.02. The lowest BCUT2D eigenvalue weighted by molar-refractivity contribution is 1.42. The van der Waals surface area contributed by atoms with E-state index in [0.717, 1.165) is 8.47 Å². The summed E-state index contributed by atoms with van der Waals surface area (Å²) in [4.78, 5) is 0.758. The third-order valence-electron chi connectivity index (χ3n) is 1.11. The van der Waals surface area contributed by atoms with Crippen LogP contribution in [-0.2, 0) is 0 Å². The first kappa shape index (κ1) is 8.49. The zero-order chi connectivity index (χ0) is 7.72. The topological polar surface area (TPSA) is 26.0 Å². The summed E-state index contributed by atoms with van der Waals surface area (Å²) >= 11 is 12.0. The average molecular weight is 286 g/mol. The first-order valence-corrected chi connectivity index (χ1v) is 4.45. The van der Waals surface area contributed by atoms with Gasteiger partial charge in [0.15, 0.2) is 0 Å². The molecule has 1 nitrogen and oxygen atoms in total. The van der Waals surface area contributed by atoms with Crippen LogP contribution in [0.3, 0.4) is 0 Å². The van der Waals surface area contributed by atoms with Crippen LogP contribution >= 0.6 is 46.8 Å². The van der Waals surface area contributed by atoms with E-state index in [0.29, 0.717) is 10.7 Å². The van der Waals surface area contributed by atoms with Gasteiger partial charge in [-0.25, -0.2) is 0 Å². The van der Waals surface area contributed by atoms with Crippen LogP contribution in [0.1, 0.15) is 0 Å². The van der Waals surface area contributed by atoms with Gasteiger partial charge in [-0.2, -0.15) is 0 Å². The van der Waals surface area contributed by atoms with Crippen molar-refractivity contribution in [2.45, 2.75) is 4.90 Å². The summed E-state index contributed by atoms with van der Waals surface area (Å²) in [6, 6.07) is 3.64. The number of anilines is 1. The Morgan fingerprint density at radius 2 is 2.10 bits per heavy atom. The molecule has 0 saturated carbocycles. The quantitative estimate of drug-likeness (QED) is 0.428. The van der Waals surface area contributed by atoms with Gasteiger partial charge in [0.05, 0.1) is 10.7 Å². The zero-order valence-electron chi connectivity index (χ0n) is 4.94. The van der Waals surface area contributed by atoms with Crippen LogP contribution in [0.25, 0.3) is 0 Å². The molecular formula is C6H5ClINS. The number of nitrogens with two attached hydrogens (primary N) is 1. The Kier molecular flexibility index (Phi) is 2.71. The van der Waals surface area contributed by atoms with Crippen molar-refractivity contribution < 1.29 is 0 Å². The maximum atomic E-state index is 5.71. The van der Waals surface area contributed by atoms with E-state index in [1.807, 2.05) is 6.07 Å². The van der Waals surface area contributed by atoms with E-state index in [1.54, 1.807) is 6.07 Å². The van der Waals surface area contributed by atoms with Crippen LogP contribution in [0.5, 0.6) is 0 Å². The van der Waals surface area contributed by atoms with Gasteiger partial charge in [0.25, 0.3) is 0 Å². The fourth-order valence-electron chi connectivity index (χ4n) is 0.557. The summed E-state index contributed by atoms with van der Waals surface area (Å²) in [5.74, 6) is 0. The molecule has 2 N–H and O–H groups in total. The minimum atomic E-state index is 0.553. The first-order chi connectivity index (χ1) is 4.63. The normalized spacial score (nSPS) is 9.90. The Morgan fingerprint density at radius 1 is 1.50 bits per heavy atom. The van der Waals surface area contributed by atoms with Gasteiger partial charge in [-0.15, -0.1) is 12.6 Å². The molecule has 1 aromatic rings. The monoisotopic (exact) mass is 285 g/mol. The summed E-state index contributed by atoms with van der Waals surface area (Å²) in [6.45, 7) is 0. The molecule has 0 aliphatic rings. The van der Waals surface area contributed by atoms with Crippen molar-refractivity contribution in [2.24, 2.45) is 0 Å². The third-order valence-corrected chi connectivity index (χ3v) is 3.25. The predicted molar refractivity (Wildman–Crippen MR) is 55.8 cm³/mol. The van der Waals surface area contributed by atoms with Gasteiger partial charge in [0, 0.05) is 8.47 Å². The van der Waals surface area contributed by atoms with Crippen molar-refractivity contribution >= 4 is 52.5 Å². The largest absolute Gasteiger partial charge is 0.397 e. The van der Waals surface area contributed by atoms with Gasteiger partial charge in [-0.3, -0.25) is 0 Å². The fourth-order valence-corrected chi connectivity index (χ4v) is 1.45. The Balaban J connectivity index is 3.34. The van der Waals surface area contributed by atoms with Gasteiger partial charge in [0.2, 0.25) is 0 Å². The molecule has 4 heteroatoms. The molecule has 0 aromatic heterocycles. The van der Waals surface area contributed by atoms with Crippen molar-refractivity contribution in [2.75, 3.05) is 5.73 Å². The summed E-state index contributed by atoms with van der Waals surface area (Å²) in [6.07, 6.45) is 0. The Labute approximate surface area is 83.5 Å². The molecule has 0 atom stereocenters. The number of hydrogen-bond donors (Lipinski definition) is 2. The Morgan fingerprint density at radius 3 is 2.60 bits per heavy atom. The molecule has 54 valence electrons. The molecule has 0 radical (unpaired) electrons. The number of nitrogen functional groups attached to an aromatic ring is 1. The second kappa shape index (κ2) is 3.19. The van der Waals surface area contributed by atoms with Crippen LogP contribution in [0.2, 0.25) is 5.02 Å². The van der Waals surface area contributed by atoms with Crippen LogP contribution < -0.4 is 5.73 Å². The second-order valence-electron chi connectivity index (χ2n) is 1.79. The molecule has 0 aliphatic carbocycles. The van der Waals surface area contributed by atoms with Crippen molar-refractivity contribution in [1.29, 1.82) is 0 Å². The van der Waals surface area contributed by atoms with Crippen molar-refractivity contribution in [3.8, 4) is 0 Å². The summed E-state index contributed by atoms with van der Waals surface area (Å²) < 4.78 is 1.02. The van der Waals surface area contributed by atoms with Gasteiger partial charge in [-0.05, 0) is 34.7 Å². The van der Waals surface area contributed by atoms with E-state index >= 15 is 0 Å². The number of benzene rings is 1. The lowest BCUT2D eigenvalue weighted by atomic mass is 10.3. The zero-order valence-corrected chi connectivity index (χ0v) is 8.74. The predicted octanol–water partition coefficient (Wildman–Crippen LogP) is 2.82. The minimum Gasteiger partial charge on any atom is -0.397 e. The summed E-state index contributed by atoms with van der Waals surface area (Å²) in [7, 11) is 0. The standard InChI is InChI=1S/C6H5ClINS/c7-3-1-2-4(8)6(10)5(3)9/h1-2,10H,9H2. The molecule has 1 aromatic carbocycles. The van der Waals surface area contributed by atoms with Crippen LogP contribution in [-0.4, -0.2) is 0 Å². The van der Waals surface area contributed by atoms with Crippen LogP contribution in [0.15, 0.2) is 17.0 Å². The summed E-state index contributed by atoms with van der Waals surface area (Å²) in [5, 5.41) is 0.561. The molecule has 0 unspecified atom stereocenters. The molecule has 0 amide bonds. The first-order valence-electron chi connectivity index (χ1n) is 2.55. The number of rotatable bonds is 0. The third kappa shape index (κ3) is 1.52. The van der Waals surface area contributed by atoms with Crippen molar-refractivity contribution in [1.82, 2.24) is 0 Å². The number of hydrogen-bond acceptors (Lipinski definition) is 2. The maximum Gasteiger partial charge on any atom is 0.0649 e. The Hall–Kier alpha value is 0.390. The lowest BCUT2D eigenvalue weighted by Gasteiger charge is -2.02. The van der Waals surface area contributed by atoms with E-state index in [2.05, 4.69) is 35.2 Å². The number of halogens is 2. The highest BCUT2D eigenvalue weighted by molar-refractivity contribution is 14.1. The van der Waals surface area contributed by atoms with Crippen LogP contribution in [0, 0.1) is 3.57 Å². The molecular weight excluding hydrogens is 280 g/mol. The highest BCUT2D eigenvalue weighted by atomic mass is 127. The van der Waals surface area contributed by atoms with Gasteiger partial charge in [0.1, 0.15) is 0 Å². The second-order valence-corrected chi connectivity index (χ2v) is 3.81. The molecule has 0 spiro atoms. The van der Waals surface area contributed by atoms with E-state index in [4.69, 9.17) is 17.3 Å². The summed E-state index contributed by atoms with van der Waals surface area (Å²) in [5.41, 5.74) is 6.12. The fraction of sp³-hybridized carbons (Fsp3) is 0. The molecule has 0 heterocycles. The van der Waals surface area contributed by atoms with E-state index in [9.17, 15) is 0 Å². The maximum absolute atomic E-state index is 5.71. The highest BCUT2D eigenvalue weighted by Crippen LogP contribution is 2.29. The van der Waals surface area contributed by atoms with Crippen molar-refractivity contribution in [3.63, 3.8) is 0 Å². The molecule has 0 bridgehead atoms. The Bertz CT molecular complexity index is 237. The number of thiol groups is 1. The molecule has 0 saturated heterocycles. The van der Waals surface area contributed by atoms with E-state index < -0.39 is 0 Å². The molecule has 1 rings (SSSR count). The SMILES string of the molecule is Nc1c(Cl)ccc(I)c1S. The minimum absolute atomic E-state index is 0.553. The van der Waals surface area contributed by atoms with Crippen LogP contribution in [0.4, 0.5) is 5.69 Å². The van der Waals surface area contributed by atoms with E-state index in [1.165, 1.54) is 0 Å². The van der Waals surface area contributed by atoms with E-state index in [-0.39, 0.29) is 0 Å². The lowest BCUT2D eigenvalue weighted by Crippen LogP contribution is -1.89. The van der Waals surface area contributed by atoms with Gasteiger partial charge < -0.3 is 5.73 Å².